The average Bonchev–Trinajstić information content (AvgIpc) is 2.27. The molecule has 5 heteroatoms. The predicted octanol–water partition coefficient (Wildman–Crippen LogP) is 2.20. The summed E-state index contributed by atoms with van der Waals surface area (Å²) in [5.74, 6) is 0.763. The molecule has 0 spiro atoms. The summed E-state index contributed by atoms with van der Waals surface area (Å²) in [5, 5.41) is 2.95. The third-order valence-corrected chi connectivity index (χ3v) is 2.99. The van der Waals surface area contributed by atoms with Crippen molar-refractivity contribution in [3.05, 3.63) is 28.2 Å². The second kappa shape index (κ2) is 6.75. The molecule has 0 unspecified atom stereocenters. The smallest absolute Gasteiger partial charge is 0.234 e. The Bertz CT molecular complexity index is 421. The summed E-state index contributed by atoms with van der Waals surface area (Å²) < 4.78 is 6.27. The topological polar surface area (TPSA) is 41.6 Å². The van der Waals surface area contributed by atoms with Gasteiger partial charge in [-0.3, -0.25) is 4.79 Å². The highest BCUT2D eigenvalue weighted by Gasteiger charge is 2.14. The van der Waals surface area contributed by atoms with Gasteiger partial charge in [-0.05, 0) is 33.2 Å². The van der Waals surface area contributed by atoms with Gasteiger partial charge in [-0.1, -0.05) is 22.0 Å². The van der Waals surface area contributed by atoms with E-state index in [1.165, 1.54) is 0 Å². The van der Waals surface area contributed by atoms with Gasteiger partial charge in [0.1, 0.15) is 5.75 Å². The van der Waals surface area contributed by atoms with Crippen LogP contribution < -0.4 is 10.1 Å². The van der Waals surface area contributed by atoms with E-state index < -0.39 is 0 Å². The minimum Gasteiger partial charge on any atom is -0.496 e. The van der Waals surface area contributed by atoms with Crippen LogP contribution in [0.15, 0.2) is 22.7 Å². The van der Waals surface area contributed by atoms with Crippen molar-refractivity contribution < 1.29 is 9.53 Å². The normalized spacial score (nSPS) is 12.3. The van der Waals surface area contributed by atoms with E-state index in [0.29, 0.717) is 6.54 Å². The zero-order chi connectivity index (χ0) is 13.7. The highest BCUT2D eigenvalue weighted by molar-refractivity contribution is 9.10. The molecule has 0 radical (unpaired) electrons. The molecular weight excluding hydrogens is 296 g/mol. The molecule has 1 amide bonds. The van der Waals surface area contributed by atoms with Gasteiger partial charge in [0, 0.05) is 10.0 Å². The fraction of sp³-hybridized carbons (Fsp3) is 0.462. The van der Waals surface area contributed by atoms with Gasteiger partial charge in [0.15, 0.2) is 0 Å². The SMILES string of the molecule is COc1cc(Br)ccc1[C@@H](C)NC(=O)CN(C)C. The maximum atomic E-state index is 11.7. The van der Waals surface area contributed by atoms with Crippen LogP contribution in [-0.2, 0) is 4.79 Å². The van der Waals surface area contributed by atoms with Crippen molar-refractivity contribution in [3.63, 3.8) is 0 Å². The number of likely N-dealkylation sites (N-methyl/N-ethyl adjacent to an activating group) is 1. The van der Waals surface area contributed by atoms with E-state index in [9.17, 15) is 4.79 Å². The van der Waals surface area contributed by atoms with Gasteiger partial charge >= 0.3 is 0 Å². The number of hydrogen-bond donors (Lipinski definition) is 1. The highest BCUT2D eigenvalue weighted by Crippen LogP contribution is 2.28. The van der Waals surface area contributed by atoms with E-state index in [4.69, 9.17) is 4.74 Å². The van der Waals surface area contributed by atoms with Crippen LogP contribution in [0.3, 0.4) is 0 Å². The Morgan fingerprint density at radius 3 is 2.72 bits per heavy atom. The van der Waals surface area contributed by atoms with E-state index in [-0.39, 0.29) is 11.9 Å². The van der Waals surface area contributed by atoms with Crippen LogP contribution in [0, 0.1) is 0 Å². The summed E-state index contributed by atoms with van der Waals surface area (Å²) in [7, 11) is 5.36. The van der Waals surface area contributed by atoms with Crippen molar-refractivity contribution >= 4 is 21.8 Å². The number of hydrogen-bond acceptors (Lipinski definition) is 3. The Morgan fingerprint density at radius 1 is 1.50 bits per heavy atom. The lowest BCUT2D eigenvalue weighted by molar-refractivity contribution is -0.122. The van der Waals surface area contributed by atoms with Crippen LogP contribution in [0.1, 0.15) is 18.5 Å². The molecule has 0 aromatic heterocycles. The van der Waals surface area contributed by atoms with E-state index in [1.807, 2.05) is 44.1 Å². The van der Waals surface area contributed by atoms with Crippen molar-refractivity contribution in [2.75, 3.05) is 27.7 Å². The van der Waals surface area contributed by atoms with Crippen LogP contribution >= 0.6 is 15.9 Å². The minimum atomic E-state index is -0.0829. The molecule has 0 saturated carbocycles. The van der Waals surface area contributed by atoms with E-state index in [2.05, 4.69) is 21.2 Å². The largest absolute Gasteiger partial charge is 0.496 e. The lowest BCUT2D eigenvalue weighted by Crippen LogP contribution is -2.34. The molecule has 1 aromatic rings. The Morgan fingerprint density at radius 2 is 2.17 bits per heavy atom. The van der Waals surface area contributed by atoms with Crippen molar-refractivity contribution in [2.24, 2.45) is 0 Å². The maximum Gasteiger partial charge on any atom is 0.234 e. The molecule has 0 heterocycles. The number of nitrogens with one attached hydrogen (secondary N) is 1. The van der Waals surface area contributed by atoms with Crippen LogP contribution in [0.2, 0.25) is 0 Å². The van der Waals surface area contributed by atoms with Gasteiger partial charge < -0.3 is 15.0 Å². The standard InChI is InChI=1S/C13H19BrN2O2/c1-9(15-13(17)8-16(2)3)11-6-5-10(14)7-12(11)18-4/h5-7,9H,8H2,1-4H3,(H,15,17)/t9-/m1/s1. The summed E-state index contributed by atoms with van der Waals surface area (Å²) in [5.41, 5.74) is 0.966. The highest BCUT2D eigenvalue weighted by atomic mass is 79.9. The molecule has 4 nitrogen and oxygen atoms in total. The lowest BCUT2D eigenvalue weighted by Gasteiger charge is -2.18. The zero-order valence-electron chi connectivity index (χ0n) is 11.2. The number of nitrogens with zero attached hydrogens (tertiary/aromatic N) is 1. The first kappa shape index (κ1) is 15.0. The quantitative estimate of drug-likeness (QED) is 0.906. The summed E-state index contributed by atoms with van der Waals surface area (Å²) in [6.45, 7) is 2.32. The molecule has 18 heavy (non-hydrogen) atoms. The fourth-order valence-corrected chi connectivity index (χ4v) is 2.03. The molecule has 1 aromatic carbocycles. The van der Waals surface area contributed by atoms with Crippen molar-refractivity contribution in [1.82, 2.24) is 10.2 Å². The first-order chi connectivity index (χ1) is 8.43. The number of methoxy groups -OCH3 is 1. The van der Waals surface area contributed by atoms with Crippen LogP contribution in [-0.4, -0.2) is 38.6 Å². The van der Waals surface area contributed by atoms with Gasteiger partial charge in [-0.15, -0.1) is 0 Å². The molecule has 0 saturated heterocycles. The van der Waals surface area contributed by atoms with Crippen molar-refractivity contribution in [2.45, 2.75) is 13.0 Å². The van der Waals surface area contributed by atoms with Gasteiger partial charge in [-0.2, -0.15) is 0 Å². The molecule has 1 atom stereocenters. The number of halogens is 1. The van der Waals surface area contributed by atoms with Crippen LogP contribution in [0.25, 0.3) is 0 Å². The number of benzene rings is 1. The molecule has 0 aliphatic carbocycles. The number of ether oxygens (including phenoxy) is 1. The Hall–Kier alpha value is -1.07. The number of carbonyl (C=O) groups excluding carboxylic acids is 1. The van der Waals surface area contributed by atoms with E-state index >= 15 is 0 Å². The fourth-order valence-electron chi connectivity index (χ4n) is 1.69. The maximum absolute atomic E-state index is 11.7. The predicted molar refractivity (Wildman–Crippen MR) is 75.8 cm³/mol. The van der Waals surface area contributed by atoms with E-state index in [1.54, 1.807) is 7.11 Å². The number of rotatable bonds is 5. The summed E-state index contributed by atoms with van der Waals surface area (Å²) in [6, 6.07) is 5.69. The second-order valence-corrected chi connectivity index (χ2v) is 5.33. The minimum absolute atomic E-state index is 0.00234. The Kier molecular flexibility index (Phi) is 5.62. The van der Waals surface area contributed by atoms with Crippen molar-refractivity contribution in [3.8, 4) is 5.75 Å². The molecule has 100 valence electrons. The monoisotopic (exact) mass is 314 g/mol. The molecule has 1 N–H and O–H groups in total. The average molecular weight is 315 g/mol. The summed E-state index contributed by atoms with van der Waals surface area (Å²) in [4.78, 5) is 13.5. The Balaban J connectivity index is 2.77. The van der Waals surface area contributed by atoms with Gasteiger partial charge in [-0.25, -0.2) is 0 Å². The zero-order valence-corrected chi connectivity index (χ0v) is 12.7. The Labute approximate surface area is 116 Å². The van der Waals surface area contributed by atoms with Crippen LogP contribution in [0.4, 0.5) is 0 Å². The van der Waals surface area contributed by atoms with Crippen molar-refractivity contribution in [1.29, 1.82) is 0 Å². The van der Waals surface area contributed by atoms with Crippen LogP contribution in [0.5, 0.6) is 5.75 Å². The summed E-state index contributed by atoms with van der Waals surface area (Å²) >= 11 is 3.40. The molecule has 0 aliphatic heterocycles. The lowest BCUT2D eigenvalue weighted by atomic mass is 10.1. The summed E-state index contributed by atoms with van der Waals surface area (Å²) in [6.07, 6.45) is 0. The molecule has 1 rings (SSSR count). The first-order valence-electron chi connectivity index (χ1n) is 5.71. The third-order valence-electron chi connectivity index (χ3n) is 2.50. The molecule has 0 fully saturated rings. The van der Waals surface area contributed by atoms with Gasteiger partial charge in [0.05, 0.1) is 19.7 Å². The van der Waals surface area contributed by atoms with Gasteiger partial charge in [0.25, 0.3) is 0 Å². The first-order valence-corrected chi connectivity index (χ1v) is 6.51. The molecule has 0 bridgehead atoms. The second-order valence-electron chi connectivity index (χ2n) is 4.41. The number of carbonyl (C=O) groups is 1. The number of amides is 1. The molecule has 0 aliphatic rings. The van der Waals surface area contributed by atoms with E-state index in [0.717, 1.165) is 15.8 Å². The van der Waals surface area contributed by atoms with Gasteiger partial charge in [0.2, 0.25) is 5.91 Å². The third kappa shape index (κ3) is 4.31. The molecular formula is C13H19BrN2O2.